The minimum Gasteiger partial charge on any atom is -0.399 e. The highest BCUT2D eigenvalue weighted by Gasteiger charge is 2.53. The first-order valence-corrected chi connectivity index (χ1v) is 7.29. The average Bonchev–Trinajstić information content (AvgIpc) is 3.27. The van der Waals surface area contributed by atoms with Crippen molar-refractivity contribution in [1.29, 1.82) is 0 Å². The van der Waals surface area contributed by atoms with E-state index in [0.29, 0.717) is 11.8 Å². The van der Waals surface area contributed by atoms with Crippen molar-refractivity contribution < 1.29 is 4.79 Å². The molecule has 2 aliphatic rings. The molecule has 0 heterocycles. The number of carbonyl (C=O) groups is 1. The van der Waals surface area contributed by atoms with Crippen molar-refractivity contribution in [3.8, 4) is 0 Å². The van der Waals surface area contributed by atoms with Gasteiger partial charge in [-0.1, -0.05) is 12.1 Å². The zero-order valence-electron chi connectivity index (χ0n) is 11.3. The summed E-state index contributed by atoms with van der Waals surface area (Å²) >= 11 is 0. The average molecular weight is 258 g/mol. The Bertz CT molecular complexity index is 475. The number of amides is 1. The summed E-state index contributed by atoms with van der Waals surface area (Å²) in [7, 11) is 0. The zero-order valence-corrected chi connectivity index (χ0v) is 11.3. The van der Waals surface area contributed by atoms with Crippen LogP contribution in [-0.2, 0) is 11.2 Å². The lowest BCUT2D eigenvalue weighted by molar-refractivity contribution is -0.121. The minimum absolute atomic E-state index is 0.175. The number of anilines is 1. The monoisotopic (exact) mass is 258 g/mol. The van der Waals surface area contributed by atoms with Crippen LogP contribution in [0.1, 0.15) is 37.7 Å². The highest BCUT2D eigenvalue weighted by molar-refractivity contribution is 5.76. The van der Waals surface area contributed by atoms with Crippen LogP contribution in [0.2, 0.25) is 0 Å². The number of hydrogen-bond acceptors (Lipinski definition) is 2. The Kier molecular flexibility index (Phi) is 3.21. The van der Waals surface area contributed by atoms with Crippen LogP contribution in [-0.4, -0.2) is 12.5 Å². The van der Waals surface area contributed by atoms with Crippen molar-refractivity contribution in [3.05, 3.63) is 29.8 Å². The van der Waals surface area contributed by atoms with E-state index in [1.807, 2.05) is 24.3 Å². The van der Waals surface area contributed by atoms with Crippen LogP contribution < -0.4 is 11.1 Å². The molecule has 3 heteroatoms. The molecule has 0 saturated heterocycles. The van der Waals surface area contributed by atoms with Gasteiger partial charge in [-0.3, -0.25) is 4.79 Å². The van der Waals surface area contributed by atoms with Crippen LogP contribution in [0.25, 0.3) is 0 Å². The van der Waals surface area contributed by atoms with Crippen molar-refractivity contribution >= 4 is 11.6 Å². The van der Waals surface area contributed by atoms with E-state index in [4.69, 9.17) is 5.73 Å². The maximum absolute atomic E-state index is 11.9. The van der Waals surface area contributed by atoms with E-state index in [2.05, 4.69) is 5.32 Å². The minimum atomic E-state index is 0.175. The van der Waals surface area contributed by atoms with E-state index < -0.39 is 0 Å². The molecule has 0 unspecified atom stereocenters. The van der Waals surface area contributed by atoms with Crippen LogP contribution in [0.4, 0.5) is 5.69 Å². The summed E-state index contributed by atoms with van der Waals surface area (Å²) in [5, 5.41) is 3.12. The van der Waals surface area contributed by atoms with Crippen LogP contribution in [0, 0.1) is 11.3 Å². The van der Waals surface area contributed by atoms with Gasteiger partial charge in [0.25, 0.3) is 0 Å². The molecule has 1 aromatic rings. The van der Waals surface area contributed by atoms with Gasteiger partial charge in [-0.25, -0.2) is 0 Å². The lowest BCUT2D eigenvalue weighted by Crippen LogP contribution is -2.31. The lowest BCUT2D eigenvalue weighted by atomic mass is 10.0. The second-order valence-corrected chi connectivity index (χ2v) is 6.16. The maximum Gasteiger partial charge on any atom is 0.220 e. The van der Waals surface area contributed by atoms with E-state index in [9.17, 15) is 4.79 Å². The normalized spacial score (nSPS) is 20.0. The fraction of sp³-hybridized carbons (Fsp3) is 0.562. The van der Waals surface area contributed by atoms with E-state index >= 15 is 0 Å². The van der Waals surface area contributed by atoms with Crippen LogP contribution in [0.3, 0.4) is 0 Å². The summed E-state index contributed by atoms with van der Waals surface area (Å²) in [6.45, 7) is 0.896. The maximum atomic E-state index is 11.9. The first kappa shape index (κ1) is 12.5. The standard InChI is InChI=1S/C16H22N2O/c17-14-3-1-2-12(10-14)4-7-15(19)18-11-16(8-9-16)13-5-6-13/h1-3,10,13H,4-9,11,17H2,(H,18,19). The van der Waals surface area contributed by atoms with Gasteiger partial charge in [0.05, 0.1) is 0 Å². The summed E-state index contributed by atoms with van der Waals surface area (Å²) in [4.78, 5) is 11.9. The number of rotatable bonds is 6. The molecule has 2 aliphatic carbocycles. The Labute approximate surface area is 114 Å². The SMILES string of the molecule is Nc1cccc(CCC(=O)NCC2(C3CC3)CC2)c1. The number of aryl methyl sites for hydroxylation is 1. The third kappa shape index (κ3) is 3.09. The van der Waals surface area contributed by atoms with Crippen molar-refractivity contribution in [1.82, 2.24) is 5.32 Å². The Morgan fingerprint density at radius 2 is 2.16 bits per heavy atom. The van der Waals surface area contributed by atoms with Gasteiger partial charge in [0.1, 0.15) is 0 Å². The first-order chi connectivity index (χ1) is 9.18. The summed E-state index contributed by atoms with van der Waals surface area (Å²) in [6.07, 6.45) is 6.70. The number of nitrogens with one attached hydrogen (secondary N) is 1. The molecule has 102 valence electrons. The third-order valence-electron chi connectivity index (χ3n) is 4.56. The van der Waals surface area contributed by atoms with Crippen LogP contribution >= 0.6 is 0 Å². The quantitative estimate of drug-likeness (QED) is 0.770. The van der Waals surface area contributed by atoms with Crippen molar-refractivity contribution in [2.45, 2.75) is 38.5 Å². The second-order valence-electron chi connectivity index (χ2n) is 6.16. The van der Waals surface area contributed by atoms with Gasteiger partial charge in [0.15, 0.2) is 0 Å². The summed E-state index contributed by atoms with van der Waals surface area (Å²) < 4.78 is 0. The van der Waals surface area contributed by atoms with Gasteiger partial charge in [0.2, 0.25) is 5.91 Å². The molecule has 1 aromatic carbocycles. The van der Waals surface area contributed by atoms with E-state index in [0.717, 1.165) is 30.1 Å². The van der Waals surface area contributed by atoms with Crippen molar-refractivity contribution in [3.63, 3.8) is 0 Å². The molecule has 3 rings (SSSR count). The topological polar surface area (TPSA) is 55.1 Å². The Balaban J connectivity index is 1.42. The molecule has 19 heavy (non-hydrogen) atoms. The highest BCUT2D eigenvalue weighted by atomic mass is 16.1. The van der Waals surface area contributed by atoms with Gasteiger partial charge >= 0.3 is 0 Å². The van der Waals surface area contributed by atoms with Crippen molar-refractivity contribution in [2.75, 3.05) is 12.3 Å². The third-order valence-corrected chi connectivity index (χ3v) is 4.56. The van der Waals surface area contributed by atoms with Gasteiger partial charge < -0.3 is 11.1 Å². The fourth-order valence-corrected chi connectivity index (χ4v) is 2.96. The Hall–Kier alpha value is -1.51. The molecule has 0 spiro atoms. The molecule has 3 N–H and O–H groups in total. The summed E-state index contributed by atoms with van der Waals surface area (Å²) in [5.41, 5.74) is 8.13. The first-order valence-electron chi connectivity index (χ1n) is 7.29. The van der Waals surface area contributed by atoms with Gasteiger partial charge in [-0.2, -0.15) is 0 Å². The molecule has 0 atom stereocenters. The van der Waals surface area contributed by atoms with E-state index in [1.54, 1.807) is 0 Å². The molecule has 0 aliphatic heterocycles. The molecule has 2 fully saturated rings. The molecular formula is C16H22N2O. The molecule has 0 aromatic heterocycles. The van der Waals surface area contributed by atoms with Crippen LogP contribution in [0.5, 0.6) is 0 Å². The highest BCUT2D eigenvalue weighted by Crippen LogP contribution is 2.60. The molecular weight excluding hydrogens is 236 g/mol. The Morgan fingerprint density at radius 1 is 1.37 bits per heavy atom. The number of hydrogen-bond donors (Lipinski definition) is 2. The lowest BCUT2D eigenvalue weighted by Gasteiger charge is -2.14. The fourth-order valence-electron chi connectivity index (χ4n) is 2.96. The zero-order chi connectivity index (χ0) is 13.3. The van der Waals surface area contributed by atoms with E-state index in [-0.39, 0.29) is 5.91 Å². The molecule has 0 bridgehead atoms. The van der Waals surface area contributed by atoms with Crippen LogP contribution in [0.15, 0.2) is 24.3 Å². The van der Waals surface area contributed by atoms with Gasteiger partial charge in [0, 0.05) is 18.7 Å². The molecule has 3 nitrogen and oxygen atoms in total. The second kappa shape index (κ2) is 4.87. The Morgan fingerprint density at radius 3 is 2.79 bits per heavy atom. The largest absolute Gasteiger partial charge is 0.399 e. The number of benzene rings is 1. The predicted octanol–water partition coefficient (Wildman–Crippen LogP) is 2.51. The predicted molar refractivity (Wildman–Crippen MR) is 76.6 cm³/mol. The smallest absolute Gasteiger partial charge is 0.220 e. The summed E-state index contributed by atoms with van der Waals surface area (Å²) in [6, 6.07) is 7.78. The molecule has 2 saturated carbocycles. The van der Waals surface area contributed by atoms with Gasteiger partial charge in [-0.05, 0) is 61.1 Å². The van der Waals surface area contributed by atoms with Crippen molar-refractivity contribution in [2.24, 2.45) is 11.3 Å². The van der Waals surface area contributed by atoms with E-state index in [1.165, 1.54) is 25.7 Å². The molecule has 1 amide bonds. The number of nitrogens with two attached hydrogens (primary N) is 1. The number of carbonyl (C=O) groups excluding carboxylic acids is 1. The number of nitrogen functional groups attached to an aromatic ring is 1. The van der Waals surface area contributed by atoms with Gasteiger partial charge in [-0.15, -0.1) is 0 Å². The molecule has 0 radical (unpaired) electrons. The summed E-state index contributed by atoms with van der Waals surface area (Å²) in [5.74, 6) is 1.08.